The van der Waals surface area contributed by atoms with E-state index in [1.807, 2.05) is 18.2 Å². The molecule has 0 N–H and O–H groups in total. The monoisotopic (exact) mass is 847 g/mol. The molecule has 0 spiro atoms. The molecule has 9 aromatic carbocycles. The highest BCUT2D eigenvalue weighted by Crippen LogP contribution is 2.42. The number of rotatable bonds is 7. The van der Waals surface area contributed by atoms with E-state index in [9.17, 15) is 0 Å². The largest absolute Gasteiger partial charge is 0.309 e. The van der Waals surface area contributed by atoms with E-state index in [2.05, 4.69) is 230 Å². The van der Waals surface area contributed by atoms with Crippen molar-refractivity contribution >= 4 is 43.6 Å². The Kier molecular flexibility index (Phi) is 9.32. The summed E-state index contributed by atoms with van der Waals surface area (Å²) in [5.74, 6) is 2.00. The summed E-state index contributed by atoms with van der Waals surface area (Å²) in [5, 5.41) is 4.80. The molecule has 0 amide bonds. The normalized spacial score (nSPS) is 11.9. The van der Waals surface area contributed by atoms with Crippen molar-refractivity contribution in [3.05, 3.63) is 224 Å². The third kappa shape index (κ3) is 6.67. The third-order valence-corrected chi connectivity index (χ3v) is 12.8. The number of nitrogens with zero attached hydrogens (tertiary/aromatic N) is 5. The lowest BCUT2D eigenvalue weighted by Crippen LogP contribution is -2.18. The average molecular weight is 848 g/mol. The Balaban J connectivity index is 1.16. The molecule has 3 heterocycles. The molecular formula is C61H45N5. The molecule has 3 aromatic heterocycles. The molecule has 0 aliphatic heterocycles. The fraction of sp³-hybridized carbons (Fsp3) is 0.0656. The van der Waals surface area contributed by atoms with Crippen molar-refractivity contribution in [3.8, 4) is 67.5 Å². The first kappa shape index (κ1) is 39.2. The highest BCUT2D eigenvalue weighted by molar-refractivity contribution is 6.13. The van der Waals surface area contributed by atoms with Gasteiger partial charge in [-0.05, 0) is 82.4 Å². The van der Waals surface area contributed by atoms with E-state index in [4.69, 9.17) is 15.0 Å². The van der Waals surface area contributed by atoms with Gasteiger partial charge in [0, 0.05) is 43.7 Å². The number of hydrogen-bond donors (Lipinski definition) is 0. The van der Waals surface area contributed by atoms with Crippen LogP contribution in [0.15, 0.2) is 218 Å². The van der Waals surface area contributed by atoms with Gasteiger partial charge < -0.3 is 9.13 Å². The second-order valence-corrected chi connectivity index (χ2v) is 18.1. The van der Waals surface area contributed by atoms with Crippen LogP contribution in [-0.2, 0) is 5.41 Å². The number of fused-ring (bicyclic) bond motifs is 6. The molecular weight excluding hydrogens is 803 g/mol. The molecule has 0 atom stereocenters. The van der Waals surface area contributed by atoms with Gasteiger partial charge in [0.05, 0.1) is 33.4 Å². The first-order chi connectivity index (χ1) is 32.4. The van der Waals surface area contributed by atoms with E-state index in [1.165, 1.54) is 43.8 Å². The van der Waals surface area contributed by atoms with Gasteiger partial charge in [0.15, 0.2) is 11.6 Å². The minimum Gasteiger partial charge on any atom is -0.309 e. The van der Waals surface area contributed by atoms with Crippen molar-refractivity contribution in [2.75, 3.05) is 0 Å². The van der Waals surface area contributed by atoms with Gasteiger partial charge in [-0.1, -0.05) is 185 Å². The standard InChI is InChI=1S/C61H45N5/c1-61(2,3)60-63-58(42-23-11-6-12-24-42)62-59(64-60)51-39-45(46-25-13-16-28-52(46)65-53-29-17-14-26-47(53)48-27-15-18-30-54(48)65)33-36-57(51)66-55-34-31-43(40-19-7-4-8-20-40)37-49(55)50-38-44(32-35-56(50)66)41-21-9-5-10-22-41/h4-39H,1-3H3. The van der Waals surface area contributed by atoms with Crippen molar-refractivity contribution in [1.29, 1.82) is 0 Å². The Bertz CT molecular complexity index is 3630. The number of hydrogen-bond acceptors (Lipinski definition) is 3. The van der Waals surface area contributed by atoms with E-state index in [-0.39, 0.29) is 5.41 Å². The number of aromatic nitrogens is 5. The maximum Gasteiger partial charge on any atom is 0.165 e. The first-order valence-electron chi connectivity index (χ1n) is 22.6. The summed E-state index contributed by atoms with van der Waals surface area (Å²) in [7, 11) is 0. The van der Waals surface area contributed by atoms with Crippen molar-refractivity contribution in [2.45, 2.75) is 26.2 Å². The van der Waals surface area contributed by atoms with E-state index >= 15 is 0 Å². The molecule has 0 aliphatic carbocycles. The Morgan fingerprint density at radius 2 is 0.742 bits per heavy atom. The van der Waals surface area contributed by atoms with Crippen molar-refractivity contribution < 1.29 is 0 Å². The predicted molar refractivity (Wildman–Crippen MR) is 274 cm³/mol. The van der Waals surface area contributed by atoms with Gasteiger partial charge in [0.1, 0.15) is 5.82 Å². The van der Waals surface area contributed by atoms with Crippen LogP contribution in [0.3, 0.4) is 0 Å². The minimum atomic E-state index is -0.351. The maximum atomic E-state index is 5.39. The fourth-order valence-electron chi connectivity index (χ4n) is 9.62. The van der Waals surface area contributed by atoms with Crippen LogP contribution in [0.2, 0.25) is 0 Å². The van der Waals surface area contributed by atoms with E-state index < -0.39 is 0 Å². The minimum absolute atomic E-state index is 0.351. The molecule has 0 fully saturated rings. The average Bonchev–Trinajstić information content (AvgIpc) is 3.88. The predicted octanol–water partition coefficient (Wildman–Crippen LogP) is 15.7. The SMILES string of the molecule is CC(C)(C)c1nc(-c2ccccc2)nc(-c2cc(-c3ccccc3-n3c4ccccc4c4ccccc43)ccc2-n2c3ccc(-c4ccccc4)cc3c3cc(-c4ccccc4)ccc32)n1. The zero-order valence-corrected chi connectivity index (χ0v) is 37.0. The van der Waals surface area contributed by atoms with Gasteiger partial charge in [-0.25, -0.2) is 15.0 Å². The van der Waals surface area contributed by atoms with Gasteiger partial charge in [-0.15, -0.1) is 0 Å². The Morgan fingerprint density at radius 1 is 0.303 bits per heavy atom. The summed E-state index contributed by atoms with van der Waals surface area (Å²) in [6, 6.07) is 78.3. The van der Waals surface area contributed by atoms with E-state index in [0.29, 0.717) is 11.6 Å². The van der Waals surface area contributed by atoms with Gasteiger partial charge in [0.25, 0.3) is 0 Å². The summed E-state index contributed by atoms with van der Waals surface area (Å²) < 4.78 is 4.82. The number of benzene rings is 9. The molecule has 12 aromatic rings. The van der Waals surface area contributed by atoms with Crippen LogP contribution < -0.4 is 0 Å². The molecule has 0 saturated carbocycles. The maximum absolute atomic E-state index is 5.39. The van der Waals surface area contributed by atoms with Gasteiger partial charge in [0.2, 0.25) is 0 Å². The zero-order valence-electron chi connectivity index (χ0n) is 37.0. The Labute approximate surface area is 384 Å². The lowest BCUT2D eigenvalue weighted by atomic mass is 9.95. The molecule has 0 unspecified atom stereocenters. The van der Waals surface area contributed by atoms with Crippen LogP contribution in [-0.4, -0.2) is 24.1 Å². The van der Waals surface area contributed by atoms with Crippen LogP contribution in [0.5, 0.6) is 0 Å². The second-order valence-electron chi connectivity index (χ2n) is 18.1. The van der Waals surface area contributed by atoms with E-state index in [0.717, 1.165) is 61.5 Å². The van der Waals surface area contributed by atoms with Crippen molar-refractivity contribution in [2.24, 2.45) is 0 Å². The molecule has 0 aliphatic rings. The first-order valence-corrected chi connectivity index (χ1v) is 22.6. The Hall–Kier alpha value is -8.41. The van der Waals surface area contributed by atoms with Crippen LogP contribution in [0.1, 0.15) is 26.6 Å². The fourth-order valence-corrected chi connectivity index (χ4v) is 9.62. The molecule has 12 rings (SSSR count). The quantitative estimate of drug-likeness (QED) is 0.161. The Morgan fingerprint density at radius 3 is 1.30 bits per heavy atom. The highest BCUT2D eigenvalue weighted by atomic mass is 15.1. The lowest BCUT2D eigenvalue weighted by molar-refractivity contribution is 0.543. The second kappa shape index (κ2) is 15.7. The van der Waals surface area contributed by atoms with Crippen LogP contribution in [0.4, 0.5) is 0 Å². The molecule has 0 bridgehead atoms. The molecule has 66 heavy (non-hydrogen) atoms. The van der Waals surface area contributed by atoms with Gasteiger partial charge >= 0.3 is 0 Å². The highest BCUT2D eigenvalue weighted by Gasteiger charge is 2.25. The van der Waals surface area contributed by atoms with Crippen molar-refractivity contribution in [3.63, 3.8) is 0 Å². The molecule has 5 nitrogen and oxygen atoms in total. The lowest BCUT2D eigenvalue weighted by Gasteiger charge is -2.21. The summed E-state index contributed by atoms with van der Waals surface area (Å²) in [4.78, 5) is 15.9. The smallest absolute Gasteiger partial charge is 0.165 e. The van der Waals surface area contributed by atoms with Crippen molar-refractivity contribution in [1.82, 2.24) is 24.1 Å². The topological polar surface area (TPSA) is 48.5 Å². The molecule has 5 heteroatoms. The number of para-hydroxylation sites is 3. The third-order valence-electron chi connectivity index (χ3n) is 12.8. The zero-order chi connectivity index (χ0) is 44.4. The molecule has 314 valence electrons. The molecule has 0 radical (unpaired) electrons. The summed E-state index contributed by atoms with van der Waals surface area (Å²) in [6.45, 7) is 6.51. The van der Waals surface area contributed by atoms with Gasteiger partial charge in [-0.2, -0.15) is 0 Å². The van der Waals surface area contributed by atoms with Crippen LogP contribution >= 0.6 is 0 Å². The van der Waals surface area contributed by atoms with Gasteiger partial charge in [-0.3, -0.25) is 0 Å². The summed E-state index contributed by atoms with van der Waals surface area (Å²) >= 11 is 0. The van der Waals surface area contributed by atoms with Crippen LogP contribution in [0.25, 0.3) is 111 Å². The molecule has 0 saturated heterocycles. The van der Waals surface area contributed by atoms with E-state index in [1.54, 1.807) is 0 Å². The van der Waals surface area contributed by atoms with Crippen LogP contribution in [0, 0.1) is 0 Å². The summed E-state index contributed by atoms with van der Waals surface area (Å²) in [5.41, 5.74) is 15.0. The summed E-state index contributed by atoms with van der Waals surface area (Å²) in [6.07, 6.45) is 0.